The molecule has 3 nitrogen and oxygen atoms in total. The highest BCUT2D eigenvalue weighted by molar-refractivity contribution is 5.85. The van der Waals surface area contributed by atoms with Crippen molar-refractivity contribution in [2.24, 2.45) is 0 Å². The molecule has 1 heterocycles. The van der Waals surface area contributed by atoms with E-state index in [4.69, 9.17) is 4.74 Å². The number of pyridine rings is 1. The molecule has 0 aliphatic carbocycles. The molecular formula is C12H11F2NO2. The maximum Gasteiger partial charge on any atom is 0.217 e. The van der Waals surface area contributed by atoms with Gasteiger partial charge in [0.05, 0.1) is 6.10 Å². The predicted molar refractivity (Wildman–Crippen MR) is 59.1 cm³/mol. The minimum absolute atomic E-state index is 0.0644. The molecule has 0 atom stereocenters. The molecule has 1 aromatic carbocycles. The monoisotopic (exact) mass is 239 g/mol. The summed E-state index contributed by atoms with van der Waals surface area (Å²) >= 11 is 0. The molecule has 0 unspecified atom stereocenters. The second kappa shape index (κ2) is 4.16. The number of halogens is 2. The molecule has 0 spiro atoms. The summed E-state index contributed by atoms with van der Waals surface area (Å²) in [5, 5.41) is 9.82. The van der Waals surface area contributed by atoms with E-state index in [2.05, 4.69) is 4.98 Å². The Morgan fingerprint density at radius 2 is 2.00 bits per heavy atom. The molecule has 0 amide bonds. The molecule has 17 heavy (non-hydrogen) atoms. The van der Waals surface area contributed by atoms with Gasteiger partial charge < -0.3 is 9.84 Å². The summed E-state index contributed by atoms with van der Waals surface area (Å²) in [5.74, 6) is -2.22. The average Bonchev–Trinajstić information content (AvgIpc) is 2.23. The van der Waals surface area contributed by atoms with E-state index in [1.165, 1.54) is 12.1 Å². The fourth-order valence-corrected chi connectivity index (χ4v) is 1.49. The van der Waals surface area contributed by atoms with Gasteiger partial charge >= 0.3 is 0 Å². The number of hydrogen-bond acceptors (Lipinski definition) is 3. The molecule has 0 bridgehead atoms. The normalized spacial score (nSPS) is 11.1. The van der Waals surface area contributed by atoms with Gasteiger partial charge in [-0.25, -0.2) is 13.8 Å². The first-order chi connectivity index (χ1) is 7.99. The highest BCUT2D eigenvalue weighted by Gasteiger charge is 2.13. The quantitative estimate of drug-likeness (QED) is 0.875. The smallest absolute Gasteiger partial charge is 0.217 e. The van der Waals surface area contributed by atoms with Crippen LogP contribution in [0.3, 0.4) is 0 Å². The Morgan fingerprint density at radius 3 is 2.65 bits per heavy atom. The Hall–Kier alpha value is -1.91. The lowest BCUT2D eigenvalue weighted by atomic mass is 10.2. The first-order valence-electron chi connectivity index (χ1n) is 5.13. The lowest BCUT2D eigenvalue weighted by Gasteiger charge is -2.10. The summed E-state index contributed by atoms with van der Waals surface area (Å²) in [6, 6.07) is 3.50. The Bertz CT molecular complexity index is 570. The van der Waals surface area contributed by atoms with Crippen LogP contribution in [0.4, 0.5) is 8.78 Å². The molecule has 0 saturated carbocycles. The highest BCUT2D eigenvalue weighted by atomic mass is 19.2. The molecule has 0 aliphatic rings. The van der Waals surface area contributed by atoms with Crippen LogP contribution >= 0.6 is 0 Å². The summed E-state index contributed by atoms with van der Waals surface area (Å²) in [4.78, 5) is 3.84. The van der Waals surface area contributed by atoms with E-state index < -0.39 is 11.6 Å². The van der Waals surface area contributed by atoms with Gasteiger partial charge in [-0.05, 0) is 26.0 Å². The molecule has 0 fully saturated rings. The summed E-state index contributed by atoms with van der Waals surface area (Å²) in [6.07, 6.45) is -0.170. The van der Waals surface area contributed by atoms with Crippen molar-refractivity contribution in [3.05, 3.63) is 29.8 Å². The van der Waals surface area contributed by atoms with E-state index in [1.54, 1.807) is 13.8 Å². The third-order valence-electron chi connectivity index (χ3n) is 2.18. The average molecular weight is 239 g/mol. The van der Waals surface area contributed by atoms with E-state index in [0.29, 0.717) is 0 Å². The number of aromatic hydroxyl groups is 1. The third-order valence-corrected chi connectivity index (χ3v) is 2.18. The van der Waals surface area contributed by atoms with Crippen LogP contribution in [0.2, 0.25) is 0 Å². The molecular weight excluding hydrogens is 228 g/mol. The van der Waals surface area contributed by atoms with Gasteiger partial charge in [-0.3, -0.25) is 0 Å². The van der Waals surface area contributed by atoms with E-state index in [9.17, 15) is 13.9 Å². The zero-order chi connectivity index (χ0) is 12.6. The molecule has 5 heteroatoms. The molecule has 0 aliphatic heterocycles. The van der Waals surface area contributed by atoms with Crippen LogP contribution in [0.5, 0.6) is 11.6 Å². The maximum atomic E-state index is 13.5. The number of fused-ring (bicyclic) bond motifs is 1. The van der Waals surface area contributed by atoms with Crippen molar-refractivity contribution in [1.29, 1.82) is 0 Å². The number of benzene rings is 1. The fourth-order valence-electron chi connectivity index (χ4n) is 1.49. The minimum Gasteiger partial charge on any atom is -0.507 e. The number of aromatic nitrogens is 1. The summed E-state index contributed by atoms with van der Waals surface area (Å²) in [7, 11) is 0. The largest absolute Gasteiger partial charge is 0.507 e. The second-order valence-corrected chi connectivity index (χ2v) is 3.90. The maximum absolute atomic E-state index is 13.5. The van der Waals surface area contributed by atoms with Crippen molar-refractivity contribution in [2.75, 3.05) is 0 Å². The Morgan fingerprint density at radius 1 is 1.29 bits per heavy atom. The van der Waals surface area contributed by atoms with Crippen LogP contribution in [0.15, 0.2) is 18.2 Å². The van der Waals surface area contributed by atoms with Gasteiger partial charge in [-0.1, -0.05) is 0 Å². The standard InChI is InChI=1S/C12H11F2NO2/c1-6(2)17-10-5-9(16)7-3-4-8(13)11(14)12(7)15-10/h3-6H,1-2H3,(H,15,16). The first kappa shape index (κ1) is 11.6. The SMILES string of the molecule is CC(C)Oc1cc(O)c2ccc(F)c(F)c2n1. The Kier molecular flexibility index (Phi) is 2.83. The lowest BCUT2D eigenvalue weighted by molar-refractivity contribution is 0.232. The van der Waals surface area contributed by atoms with Crippen molar-refractivity contribution in [3.63, 3.8) is 0 Å². The molecule has 2 aromatic rings. The van der Waals surface area contributed by atoms with Gasteiger partial charge in [-0.15, -0.1) is 0 Å². The van der Waals surface area contributed by atoms with Gasteiger partial charge in [0.2, 0.25) is 5.88 Å². The molecule has 0 radical (unpaired) electrons. The van der Waals surface area contributed by atoms with Crippen LogP contribution in [0.1, 0.15) is 13.8 Å². The van der Waals surface area contributed by atoms with Gasteiger partial charge in [0.25, 0.3) is 0 Å². The van der Waals surface area contributed by atoms with Crippen molar-refractivity contribution in [3.8, 4) is 11.6 Å². The highest BCUT2D eigenvalue weighted by Crippen LogP contribution is 2.30. The summed E-state index contributed by atoms with van der Waals surface area (Å²) in [5.41, 5.74) is -0.236. The van der Waals surface area contributed by atoms with Crippen LogP contribution in [-0.2, 0) is 0 Å². The number of ether oxygens (including phenoxy) is 1. The fraction of sp³-hybridized carbons (Fsp3) is 0.250. The second-order valence-electron chi connectivity index (χ2n) is 3.90. The van der Waals surface area contributed by atoms with E-state index in [-0.39, 0.29) is 28.6 Å². The molecule has 1 aromatic heterocycles. The van der Waals surface area contributed by atoms with Crippen molar-refractivity contribution >= 4 is 10.9 Å². The molecule has 90 valence electrons. The number of nitrogens with zero attached hydrogens (tertiary/aromatic N) is 1. The Labute approximate surface area is 96.7 Å². The van der Waals surface area contributed by atoms with Crippen molar-refractivity contribution in [1.82, 2.24) is 4.98 Å². The van der Waals surface area contributed by atoms with Crippen LogP contribution in [0, 0.1) is 11.6 Å². The first-order valence-corrected chi connectivity index (χ1v) is 5.13. The van der Waals surface area contributed by atoms with Crippen molar-refractivity contribution < 1.29 is 18.6 Å². The van der Waals surface area contributed by atoms with Crippen LogP contribution in [0.25, 0.3) is 10.9 Å². The van der Waals surface area contributed by atoms with Gasteiger partial charge in [-0.2, -0.15) is 0 Å². The van der Waals surface area contributed by atoms with Gasteiger partial charge in [0.15, 0.2) is 11.6 Å². The summed E-state index contributed by atoms with van der Waals surface area (Å²) < 4.78 is 31.8. The van der Waals surface area contributed by atoms with Crippen molar-refractivity contribution in [2.45, 2.75) is 20.0 Å². The molecule has 0 saturated heterocycles. The van der Waals surface area contributed by atoms with Gasteiger partial charge in [0.1, 0.15) is 11.3 Å². The topological polar surface area (TPSA) is 42.4 Å². The van der Waals surface area contributed by atoms with Crippen LogP contribution < -0.4 is 4.74 Å². The lowest BCUT2D eigenvalue weighted by Crippen LogP contribution is -2.07. The number of rotatable bonds is 2. The van der Waals surface area contributed by atoms with Crippen LogP contribution in [-0.4, -0.2) is 16.2 Å². The zero-order valence-corrected chi connectivity index (χ0v) is 9.37. The minimum atomic E-state index is -1.09. The predicted octanol–water partition coefficient (Wildman–Crippen LogP) is 3.01. The number of hydrogen-bond donors (Lipinski definition) is 1. The van der Waals surface area contributed by atoms with E-state index in [0.717, 1.165) is 6.07 Å². The Balaban J connectivity index is 2.66. The van der Waals surface area contributed by atoms with E-state index >= 15 is 0 Å². The van der Waals surface area contributed by atoms with Gasteiger partial charge in [0, 0.05) is 11.5 Å². The molecule has 1 N–H and O–H groups in total. The third kappa shape index (κ3) is 2.13. The van der Waals surface area contributed by atoms with E-state index in [1.807, 2.05) is 0 Å². The molecule has 2 rings (SSSR count). The summed E-state index contributed by atoms with van der Waals surface area (Å²) in [6.45, 7) is 3.54. The zero-order valence-electron chi connectivity index (χ0n) is 9.37.